The second-order valence-electron chi connectivity index (χ2n) is 5.34. The first-order valence-electron chi connectivity index (χ1n) is 7.10. The molecular formula is C15H22N4O2. The summed E-state index contributed by atoms with van der Waals surface area (Å²) in [7, 11) is 1.42. The third kappa shape index (κ3) is 3.51. The lowest BCUT2D eigenvalue weighted by atomic mass is 10.1. The minimum absolute atomic E-state index is 0.161. The van der Waals surface area contributed by atoms with Crippen molar-refractivity contribution >= 4 is 17.7 Å². The number of esters is 1. The normalized spacial score (nSPS) is 17.8. The number of aryl methyl sites for hydroxylation is 1. The number of nitrogens with zero attached hydrogens (tertiary/aromatic N) is 3. The summed E-state index contributed by atoms with van der Waals surface area (Å²) < 4.78 is 4.74. The molecular weight excluding hydrogens is 268 g/mol. The Morgan fingerprint density at radius 1 is 1.57 bits per heavy atom. The molecule has 0 aromatic carbocycles. The topological polar surface area (TPSA) is 81.3 Å². The maximum absolute atomic E-state index is 11.4. The third-order valence-corrected chi connectivity index (χ3v) is 3.83. The van der Waals surface area contributed by atoms with Crippen LogP contribution >= 0.6 is 0 Å². The molecule has 1 aromatic rings. The number of hydrogen-bond acceptors (Lipinski definition) is 6. The number of methoxy groups -OCH3 is 1. The molecule has 1 fully saturated rings. The van der Waals surface area contributed by atoms with E-state index in [0.717, 1.165) is 36.6 Å². The van der Waals surface area contributed by atoms with Crippen molar-refractivity contribution in [2.75, 3.05) is 30.8 Å². The zero-order valence-corrected chi connectivity index (χ0v) is 12.6. The van der Waals surface area contributed by atoms with Crippen LogP contribution in [0.1, 0.15) is 24.1 Å². The van der Waals surface area contributed by atoms with Gasteiger partial charge in [-0.1, -0.05) is 6.08 Å². The number of carbonyl (C=O) groups is 1. The van der Waals surface area contributed by atoms with Crippen LogP contribution in [0.4, 0.5) is 11.8 Å². The summed E-state index contributed by atoms with van der Waals surface area (Å²) >= 11 is 0. The quantitative estimate of drug-likeness (QED) is 0.653. The average molecular weight is 290 g/mol. The molecule has 1 aliphatic rings. The minimum Gasteiger partial charge on any atom is -0.469 e. The Kier molecular flexibility index (Phi) is 4.77. The van der Waals surface area contributed by atoms with Crippen molar-refractivity contribution < 1.29 is 9.53 Å². The van der Waals surface area contributed by atoms with Gasteiger partial charge >= 0.3 is 5.97 Å². The van der Waals surface area contributed by atoms with Gasteiger partial charge in [-0.2, -0.15) is 4.98 Å². The van der Waals surface area contributed by atoms with E-state index in [1.54, 1.807) is 0 Å². The Labute approximate surface area is 125 Å². The number of rotatable bonds is 5. The van der Waals surface area contributed by atoms with Crippen molar-refractivity contribution in [3.63, 3.8) is 0 Å². The standard InChI is InChI=1S/C15H22N4O2/c1-4-5-12-10(2)17-15(16)18-14(12)19-7-6-11(9-19)8-13(20)21-3/h4,11H,1,5-9H2,2-3H3,(H2,16,17,18)/t11-/m0/s1. The van der Waals surface area contributed by atoms with E-state index in [1.807, 2.05) is 13.0 Å². The summed E-state index contributed by atoms with van der Waals surface area (Å²) in [6.45, 7) is 7.37. The molecule has 2 N–H and O–H groups in total. The maximum atomic E-state index is 11.4. The van der Waals surface area contributed by atoms with Gasteiger partial charge in [0.25, 0.3) is 0 Å². The molecule has 114 valence electrons. The third-order valence-electron chi connectivity index (χ3n) is 3.83. The van der Waals surface area contributed by atoms with Crippen LogP contribution < -0.4 is 10.6 Å². The SMILES string of the molecule is C=CCc1c(C)nc(N)nc1N1CC[C@@H](CC(=O)OC)C1. The predicted molar refractivity (Wildman–Crippen MR) is 82.0 cm³/mol. The molecule has 0 bridgehead atoms. The fourth-order valence-electron chi connectivity index (χ4n) is 2.76. The van der Waals surface area contributed by atoms with Gasteiger partial charge < -0.3 is 15.4 Å². The van der Waals surface area contributed by atoms with E-state index in [1.165, 1.54) is 7.11 Å². The van der Waals surface area contributed by atoms with E-state index in [-0.39, 0.29) is 11.9 Å². The van der Waals surface area contributed by atoms with Gasteiger partial charge in [0.2, 0.25) is 5.95 Å². The number of allylic oxidation sites excluding steroid dienone is 1. The molecule has 6 heteroatoms. The number of ether oxygens (including phenoxy) is 1. The number of anilines is 2. The lowest BCUT2D eigenvalue weighted by Gasteiger charge is -2.21. The maximum Gasteiger partial charge on any atom is 0.305 e. The van der Waals surface area contributed by atoms with Crippen molar-refractivity contribution in [3.05, 3.63) is 23.9 Å². The Bertz CT molecular complexity index is 545. The Morgan fingerprint density at radius 3 is 3.00 bits per heavy atom. The number of hydrogen-bond donors (Lipinski definition) is 1. The molecule has 0 aliphatic carbocycles. The highest BCUT2D eigenvalue weighted by atomic mass is 16.5. The molecule has 1 aliphatic heterocycles. The Balaban J connectivity index is 2.19. The molecule has 0 amide bonds. The van der Waals surface area contributed by atoms with E-state index in [2.05, 4.69) is 21.4 Å². The summed E-state index contributed by atoms with van der Waals surface area (Å²) in [5, 5.41) is 0. The minimum atomic E-state index is -0.161. The van der Waals surface area contributed by atoms with Gasteiger partial charge in [-0.05, 0) is 25.7 Å². The fourth-order valence-corrected chi connectivity index (χ4v) is 2.76. The van der Waals surface area contributed by atoms with Crippen molar-refractivity contribution in [3.8, 4) is 0 Å². The molecule has 2 rings (SSSR count). The molecule has 1 atom stereocenters. The van der Waals surface area contributed by atoms with Crippen LogP contribution in [0.3, 0.4) is 0 Å². The summed E-state index contributed by atoms with van der Waals surface area (Å²) in [5.41, 5.74) is 7.72. The molecule has 21 heavy (non-hydrogen) atoms. The molecule has 0 unspecified atom stereocenters. The van der Waals surface area contributed by atoms with Gasteiger partial charge in [0, 0.05) is 24.3 Å². The van der Waals surface area contributed by atoms with Gasteiger partial charge in [-0.25, -0.2) is 4.98 Å². The number of carbonyl (C=O) groups excluding carboxylic acids is 1. The van der Waals surface area contributed by atoms with Crippen LogP contribution in [0.15, 0.2) is 12.7 Å². The lowest BCUT2D eigenvalue weighted by Crippen LogP contribution is -2.24. The fraction of sp³-hybridized carbons (Fsp3) is 0.533. The van der Waals surface area contributed by atoms with Crippen molar-refractivity contribution in [1.29, 1.82) is 0 Å². The first-order chi connectivity index (χ1) is 10.0. The molecule has 0 spiro atoms. The van der Waals surface area contributed by atoms with Crippen LogP contribution in [0.2, 0.25) is 0 Å². The largest absolute Gasteiger partial charge is 0.469 e. The predicted octanol–water partition coefficient (Wildman–Crippen LogP) is 1.49. The van der Waals surface area contributed by atoms with Crippen molar-refractivity contribution in [1.82, 2.24) is 9.97 Å². The van der Waals surface area contributed by atoms with Crippen LogP contribution in [0.5, 0.6) is 0 Å². The summed E-state index contributed by atoms with van der Waals surface area (Å²) in [6.07, 6.45) is 3.95. The van der Waals surface area contributed by atoms with Gasteiger partial charge in [0.1, 0.15) is 5.82 Å². The van der Waals surface area contributed by atoms with Crippen LogP contribution in [0.25, 0.3) is 0 Å². The summed E-state index contributed by atoms with van der Waals surface area (Å²) in [6, 6.07) is 0. The molecule has 6 nitrogen and oxygen atoms in total. The number of aromatic nitrogens is 2. The molecule has 1 saturated heterocycles. The molecule has 0 radical (unpaired) electrons. The monoisotopic (exact) mass is 290 g/mol. The molecule has 0 saturated carbocycles. The molecule has 1 aromatic heterocycles. The second-order valence-corrected chi connectivity index (χ2v) is 5.34. The Hall–Kier alpha value is -2.11. The van der Waals surface area contributed by atoms with Crippen molar-refractivity contribution in [2.24, 2.45) is 5.92 Å². The van der Waals surface area contributed by atoms with Crippen molar-refractivity contribution in [2.45, 2.75) is 26.2 Å². The van der Waals surface area contributed by atoms with E-state index in [4.69, 9.17) is 10.5 Å². The average Bonchev–Trinajstić information content (AvgIpc) is 2.89. The highest BCUT2D eigenvalue weighted by Crippen LogP contribution is 2.29. The van der Waals surface area contributed by atoms with Crippen LogP contribution in [-0.4, -0.2) is 36.1 Å². The van der Waals surface area contributed by atoms with Gasteiger partial charge in [0.05, 0.1) is 13.5 Å². The van der Waals surface area contributed by atoms with Gasteiger partial charge in [-0.15, -0.1) is 6.58 Å². The first kappa shape index (κ1) is 15.3. The zero-order chi connectivity index (χ0) is 15.4. The van der Waals surface area contributed by atoms with E-state index < -0.39 is 0 Å². The Morgan fingerprint density at radius 2 is 2.33 bits per heavy atom. The zero-order valence-electron chi connectivity index (χ0n) is 12.6. The van der Waals surface area contributed by atoms with Crippen LogP contribution in [-0.2, 0) is 16.0 Å². The van der Waals surface area contributed by atoms with Gasteiger partial charge in [0.15, 0.2) is 0 Å². The number of nitrogen functional groups attached to an aromatic ring is 1. The highest BCUT2D eigenvalue weighted by molar-refractivity contribution is 5.69. The summed E-state index contributed by atoms with van der Waals surface area (Å²) in [5.74, 6) is 1.29. The second kappa shape index (κ2) is 6.56. The summed E-state index contributed by atoms with van der Waals surface area (Å²) in [4.78, 5) is 22.2. The molecule has 2 heterocycles. The lowest BCUT2D eigenvalue weighted by molar-refractivity contribution is -0.141. The van der Waals surface area contributed by atoms with E-state index >= 15 is 0 Å². The first-order valence-corrected chi connectivity index (χ1v) is 7.10. The highest BCUT2D eigenvalue weighted by Gasteiger charge is 2.28. The van der Waals surface area contributed by atoms with Gasteiger partial charge in [-0.3, -0.25) is 4.79 Å². The smallest absolute Gasteiger partial charge is 0.305 e. The van der Waals surface area contributed by atoms with E-state index in [9.17, 15) is 4.79 Å². The van der Waals surface area contributed by atoms with Crippen LogP contribution in [0, 0.1) is 12.8 Å². The number of nitrogens with two attached hydrogens (primary N) is 1. The van der Waals surface area contributed by atoms with E-state index in [0.29, 0.717) is 18.8 Å².